The monoisotopic (exact) mass is 258 g/mol. The van der Waals surface area contributed by atoms with Crippen LogP contribution in [0, 0.1) is 5.41 Å². The third-order valence-corrected chi connectivity index (χ3v) is 1.55. The zero-order chi connectivity index (χ0) is 8.10. The highest BCUT2D eigenvalue weighted by atomic mass is 127. The fraction of sp³-hybridized carbons (Fsp3) is 0. The number of rotatable bonds is 1. The summed E-state index contributed by atoms with van der Waals surface area (Å²) in [4.78, 5) is 3.92. The molecule has 2 nitrogen and oxygen atoms in total. The van der Waals surface area contributed by atoms with E-state index in [0.29, 0.717) is 5.71 Å². The molecule has 0 saturated carbocycles. The number of allylic oxidation sites excluding steroid dienone is 5. The summed E-state index contributed by atoms with van der Waals surface area (Å²) in [5.41, 5.74) is 1.36. The van der Waals surface area contributed by atoms with Crippen molar-refractivity contribution in [1.29, 1.82) is 5.41 Å². The van der Waals surface area contributed by atoms with Crippen LogP contribution in [-0.4, -0.2) is 9.93 Å². The van der Waals surface area contributed by atoms with E-state index >= 15 is 0 Å². The zero-order valence-corrected chi connectivity index (χ0v) is 7.95. The molecule has 56 valence electrons. The Kier molecular flexibility index (Phi) is 3.22. The Labute approximate surface area is 79.1 Å². The minimum Gasteiger partial charge on any atom is -0.300 e. The number of nitrogens with one attached hydrogen (secondary N) is 1. The highest BCUT2D eigenvalue weighted by Gasteiger charge is 1.98. The highest BCUT2D eigenvalue weighted by molar-refractivity contribution is 14.1. The molecule has 1 rings (SSSR count). The summed E-state index contributed by atoms with van der Waals surface area (Å²) in [6.07, 6.45) is 9.02. The quantitative estimate of drug-likeness (QED) is 0.554. The SMILES string of the molecule is N=C1C=CC=C/C1=C/N=CI. The molecule has 0 aromatic heterocycles. The van der Waals surface area contributed by atoms with Crippen LogP contribution in [0.2, 0.25) is 0 Å². The van der Waals surface area contributed by atoms with Gasteiger partial charge < -0.3 is 5.41 Å². The van der Waals surface area contributed by atoms with Crippen LogP contribution in [0.25, 0.3) is 0 Å². The normalized spacial score (nSPS) is 20.5. The van der Waals surface area contributed by atoms with Crippen LogP contribution >= 0.6 is 22.6 Å². The van der Waals surface area contributed by atoms with Crippen LogP contribution in [0.15, 0.2) is 41.1 Å². The lowest BCUT2D eigenvalue weighted by Gasteiger charge is -2.00. The van der Waals surface area contributed by atoms with Gasteiger partial charge in [0, 0.05) is 11.8 Å². The van der Waals surface area contributed by atoms with Crippen LogP contribution in [-0.2, 0) is 0 Å². The van der Waals surface area contributed by atoms with Gasteiger partial charge in [-0.1, -0.05) is 18.2 Å². The molecule has 0 aromatic carbocycles. The second-order valence-electron chi connectivity index (χ2n) is 1.96. The molecule has 0 aliphatic heterocycles. The molecule has 0 saturated heterocycles. The van der Waals surface area contributed by atoms with Gasteiger partial charge in [0.05, 0.1) is 9.93 Å². The van der Waals surface area contributed by atoms with E-state index in [1.165, 1.54) is 0 Å². The standard InChI is InChI=1S/C8H7IN2/c9-6-11-5-7-3-1-2-4-8(7)10/h1-6,10H/b7-5-,10-8?,11-6?. The summed E-state index contributed by atoms with van der Waals surface area (Å²) < 4.78 is 1.67. The number of aliphatic imine (C=N–C) groups is 1. The molecule has 3 heteroatoms. The molecule has 1 aliphatic rings. The minimum absolute atomic E-state index is 0.509. The van der Waals surface area contributed by atoms with Crippen LogP contribution in [0.1, 0.15) is 0 Å². The molecule has 0 bridgehead atoms. The fourth-order valence-electron chi connectivity index (χ4n) is 0.718. The lowest BCUT2D eigenvalue weighted by molar-refractivity contribution is 1.46. The van der Waals surface area contributed by atoms with Crippen molar-refractivity contribution < 1.29 is 0 Å². The van der Waals surface area contributed by atoms with Crippen molar-refractivity contribution >= 4 is 32.5 Å². The molecule has 0 atom stereocenters. The molecule has 11 heavy (non-hydrogen) atoms. The van der Waals surface area contributed by atoms with Gasteiger partial charge in [-0.25, -0.2) is 0 Å². The maximum atomic E-state index is 7.44. The fourth-order valence-corrected chi connectivity index (χ4v) is 0.879. The highest BCUT2D eigenvalue weighted by Crippen LogP contribution is 2.06. The lowest BCUT2D eigenvalue weighted by atomic mass is 10.1. The van der Waals surface area contributed by atoms with E-state index in [1.807, 2.05) is 40.8 Å². The third kappa shape index (κ3) is 2.42. The van der Waals surface area contributed by atoms with Crippen molar-refractivity contribution in [3.05, 3.63) is 36.1 Å². The Bertz CT molecular complexity index is 272. The average Bonchev–Trinajstić information content (AvgIpc) is 2.03. The molecule has 0 unspecified atom stereocenters. The number of halogens is 1. The first-order chi connectivity index (χ1) is 5.34. The number of hydrogen-bond acceptors (Lipinski definition) is 2. The van der Waals surface area contributed by atoms with Gasteiger partial charge in [-0.3, -0.25) is 4.99 Å². The zero-order valence-electron chi connectivity index (χ0n) is 5.79. The van der Waals surface area contributed by atoms with Gasteiger partial charge in [0.1, 0.15) is 0 Å². The van der Waals surface area contributed by atoms with Crippen molar-refractivity contribution in [2.75, 3.05) is 0 Å². The predicted molar refractivity (Wildman–Crippen MR) is 56.6 cm³/mol. The van der Waals surface area contributed by atoms with E-state index in [1.54, 1.807) is 16.5 Å². The molecule has 0 fully saturated rings. The molecule has 0 aromatic rings. The van der Waals surface area contributed by atoms with Crippen molar-refractivity contribution in [2.24, 2.45) is 4.99 Å². The van der Waals surface area contributed by atoms with Crippen LogP contribution < -0.4 is 0 Å². The van der Waals surface area contributed by atoms with E-state index < -0.39 is 0 Å². The first-order valence-electron chi connectivity index (χ1n) is 3.10. The smallest absolute Gasteiger partial charge is 0.0651 e. The van der Waals surface area contributed by atoms with Gasteiger partial charge in [-0.15, -0.1) is 0 Å². The van der Waals surface area contributed by atoms with E-state index in [-0.39, 0.29) is 0 Å². The lowest BCUT2D eigenvalue weighted by Crippen LogP contribution is -1.96. The van der Waals surface area contributed by atoms with Gasteiger partial charge in [0.15, 0.2) is 0 Å². The van der Waals surface area contributed by atoms with Crippen molar-refractivity contribution in [2.45, 2.75) is 0 Å². The summed E-state index contributed by atoms with van der Waals surface area (Å²) in [7, 11) is 0. The molecule has 0 heterocycles. The summed E-state index contributed by atoms with van der Waals surface area (Å²) in [6, 6.07) is 0. The van der Waals surface area contributed by atoms with Gasteiger partial charge in [0.25, 0.3) is 0 Å². The molecule has 1 N–H and O–H groups in total. The Morgan fingerprint density at radius 2 is 2.09 bits per heavy atom. The average molecular weight is 258 g/mol. The van der Waals surface area contributed by atoms with Gasteiger partial charge in [0.2, 0.25) is 0 Å². The number of hydrogen-bond donors (Lipinski definition) is 1. The molecule has 0 amide bonds. The molecular formula is C8H7IN2. The van der Waals surface area contributed by atoms with Gasteiger partial charge >= 0.3 is 0 Å². The summed E-state index contributed by atoms with van der Waals surface area (Å²) in [5.74, 6) is 0. The van der Waals surface area contributed by atoms with Crippen molar-refractivity contribution in [3.63, 3.8) is 0 Å². The van der Waals surface area contributed by atoms with E-state index in [2.05, 4.69) is 4.99 Å². The van der Waals surface area contributed by atoms with Crippen LogP contribution in [0.3, 0.4) is 0 Å². The summed E-state index contributed by atoms with van der Waals surface area (Å²) in [6.45, 7) is 0. The Hall–Kier alpha value is -0.710. The largest absolute Gasteiger partial charge is 0.300 e. The second kappa shape index (κ2) is 4.23. The van der Waals surface area contributed by atoms with E-state index in [0.717, 1.165) is 5.57 Å². The molecule has 0 spiro atoms. The topological polar surface area (TPSA) is 36.2 Å². The Morgan fingerprint density at radius 3 is 2.73 bits per heavy atom. The molecular weight excluding hydrogens is 251 g/mol. The van der Waals surface area contributed by atoms with Crippen LogP contribution in [0.4, 0.5) is 0 Å². The second-order valence-corrected chi connectivity index (χ2v) is 2.52. The van der Waals surface area contributed by atoms with Gasteiger partial charge in [-0.2, -0.15) is 0 Å². The van der Waals surface area contributed by atoms with E-state index in [9.17, 15) is 0 Å². The molecule has 0 radical (unpaired) electrons. The predicted octanol–water partition coefficient (Wildman–Crippen LogP) is 2.48. The van der Waals surface area contributed by atoms with Crippen LogP contribution in [0.5, 0.6) is 0 Å². The number of nitrogens with zero attached hydrogens (tertiary/aromatic N) is 1. The summed E-state index contributed by atoms with van der Waals surface area (Å²) in [5, 5.41) is 7.44. The maximum Gasteiger partial charge on any atom is 0.0651 e. The summed E-state index contributed by atoms with van der Waals surface area (Å²) >= 11 is 2.04. The van der Waals surface area contributed by atoms with Gasteiger partial charge in [-0.05, 0) is 28.7 Å². The Balaban J connectivity index is 2.81. The Morgan fingerprint density at radius 1 is 1.36 bits per heavy atom. The van der Waals surface area contributed by atoms with E-state index in [4.69, 9.17) is 5.41 Å². The van der Waals surface area contributed by atoms with Crippen molar-refractivity contribution in [1.82, 2.24) is 0 Å². The first-order valence-corrected chi connectivity index (χ1v) is 4.35. The minimum atomic E-state index is 0.509. The van der Waals surface area contributed by atoms with Crippen molar-refractivity contribution in [3.8, 4) is 0 Å². The first kappa shape index (κ1) is 8.39. The third-order valence-electron chi connectivity index (χ3n) is 1.23. The molecule has 1 aliphatic carbocycles. The maximum absolute atomic E-state index is 7.44.